The molecule has 0 bridgehead atoms. The number of carboxylic acid groups (broad SMARTS) is 1. The smallest absolute Gasteiger partial charge is 0.315 e. The Morgan fingerprint density at radius 2 is 2.07 bits per heavy atom. The second kappa shape index (κ2) is 6.08. The zero-order valence-electron chi connectivity index (χ0n) is 16.3. The maximum Gasteiger partial charge on any atom is 0.315 e. The van der Waals surface area contributed by atoms with Gasteiger partial charge in [0.2, 0.25) is 5.95 Å². The Kier molecular flexibility index (Phi) is 3.78. The molecule has 0 radical (unpaired) electrons. The number of aromatic amines is 1. The number of H-pyrrole nitrogens is 1. The van der Waals surface area contributed by atoms with Gasteiger partial charge < -0.3 is 10.8 Å². The molecule has 3 aromatic heterocycles. The Labute approximate surface area is 175 Å². The molecule has 11 heteroatoms. The highest BCUT2D eigenvalue weighted by Crippen LogP contribution is 2.49. The minimum atomic E-state index is -0.906. The molecule has 10 nitrogen and oxygen atoms in total. The van der Waals surface area contributed by atoms with E-state index >= 15 is 0 Å². The standard InChI is InChI=1S/C19H19N7O3S/c1-18(2)5-8-6-21-16(20)23-11(8)12-10(18)13(26-25-12)14(27)24-17-22-9(7-30-17)19(3-4-19)15(28)29/h6-7H,3-5H2,1-2H3,(H,25,26)(H,28,29)(H2,20,21,23)(H,22,24,27). The number of nitrogen functional groups attached to an aromatic ring is 1. The minimum Gasteiger partial charge on any atom is -0.481 e. The summed E-state index contributed by atoms with van der Waals surface area (Å²) in [5.74, 6) is -1.14. The number of carboxylic acids is 1. The van der Waals surface area contributed by atoms with Gasteiger partial charge in [0.15, 0.2) is 10.8 Å². The summed E-state index contributed by atoms with van der Waals surface area (Å²) in [6, 6.07) is 0. The van der Waals surface area contributed by atoms with Gasteiger partial charge in [0, 0.05) is 17.1 Å². The van der Waals surface area contributed by atoms with Crippen LogP contribution >= 0.6 is 11.3 Å². The van der Waals surface area contributed by atoms with Gasteiger partial charge in [-0.2, -0.15) is 5.10 Å². The molecule has 1 amide bonds. The predicted molar refractivity (Wildman–Crippen MR) is 109 cm³/mol. The van der Waals surface area contributed by atoms with E-state index in [-0.39, 0.29) is 17.1 Å². The molecule has 1 saturated carbocycles. The Morgan fingerprint density at radius 1 is 1.30 bits per heavy atom. The third-order valence-corrected chi connectivity index (χ3v) is 6.54. The lowest BCUT2D eigenvalue weighted by Crippen LogP contribution is -2.29. The van der Waals surface area contributed by atoms with Gasteiger partial charge in [-0.15, -0.1) is 11.3 Å². The van der Waals surface area contributed by atoms with E-state index in [9.17, 15) is 14.7 Å². The van der Waals surface area contributed by atoms with Crippen LogP contribution in [-0.4, -0.2) is 42.1 Å². The number of thiazole rings is 1. The molecule has 0 atom stereocenters. The van der Waals surface area contributed by atoms with Crippen LogP contribution in [-0.2, 0) is 22.0 Å². The summed E-state index contributed by atoms with van der Waals surface area (Å²) in [6.07, 6.45) is 3.46. The Bertz CT molecular complexity index is 1210. The molecular formula is C19H19N7O3S. The number of nitrogens with two attached hydrogens (primary N) is 1. The molecule has 5 N–H and O–H groups in total. The first-order valence-corrected chi connectivity index (χ1v) is 10.3. The maximum atomic E-state index is 13.0. The average Bonchev–Trinajstić information content (AvgIpc) is 3.15. The quantitative estimate of drug-likeness (QED) is 0.494. The monoisotopic (exact) mass is 425 g/mol. The zero-order chi connectivity index (χ0) is 21.3. The molecular weight excluding hydrogens is 406 g/mol. The Balaban J connectivity index is 1.48. The van der Waals surface area contributed by atoms with E-state index in [1.807, 2.05) is 13.8 Å². The van der Waals surface area contributed by atoms with Crippen LogP contribution in [0.25, 0.3) is 11.4 Å². The number of rotatable bonds is 4. The Hall–Kier alpha value is -3.34. The molecule has 1 fully saturated rings. The third kappa shape index (κ3) is 2.69. The highest BCUT2D eigenvalue weighted by molar-refractivity contribution is 7.14. The van der Waals surface area contributed by atoms with Gasteiger partial charge in [0.1, 0.15) is 5.41 Å². The second-order valence-electron chi connectivity index (χ2n) is 8.36. The molecule has 5 rings (SSSR count). The van der Waals surface area contributed by atoms with Crippen LogP contribution < -0.4 is 11.1 Å². The fourth-order valence-electron chi connectivity index (χ4n) is 4.08. The maximum absolute atomic E-state index is 13.0. The van der Waals surface area contributed by atoms with Crippen molar-refractivity contribution < 1.29 is 14.7 Å². The number of nitrogens with one attached hydrogen (secondary N) is 2. The van der Waals surface area contributed by atoms with Gasteiger partial charge in [0.05, 0.1) is 17.1 Å². The summed E-state index contributed by atoms with van der Waals surface area (Å²) in [6.45, 7) is 4.06. The summed E-state index contributed by atoms with van der Waals surface area (Å²) in [7, 11) is 0. The van der Waals surface area contributed by atoms with Crippen molar-refractivity contribution in [1.82, 2.24) is 25.1 Å². The van der Waals surface area contributed by atoms with Crippen molar-refractivity contribution in [3.8, 4) is 11.4 Å². The fraction of sp³-hybridized carbons (Fsp3) is 0.368. The van der Waals surface area contributed by atoms with Crippen molar-refractivity contribution >= 4 is 34.3 Å². The van der Waals surface area contributed by atoms with Crippen LogP contribution in [0.15, 0.2) is 11.6 Å². The lowest BCUT2D eigenvalue weighted by Gasteiger charge is -2.31. The number of fused-ring (bicyclic) bond motifs is 3. The first-order chi connectivity index (χ1) is 14.2. The first kappa shape index (κ1) is 18.7. The van der Waals surface area contributed by atoms with Crippen LogP contribution in [0.4, 0.5) is 11.1 Å². The molecule has 3 aromatic rings. The van der Waals surface area contributed by atoms with Crippen LogP contribution in [0.5, 0.6) is 0 Å². The molecule has 0 unspecified atom stereocenters. The van der Waals surface area contributed by atoms with Gasteiger partial charge in [-0.1, -0.05) is 13.8 Å². The molecule has 2 aliphatic carbocycles. The number of aromatic nitrogens is 5. The number of hydrogen-bond acceptors (Lipinski definition) is 8. The topological polar surface area (TPSA) is 160 Å². The molecule has 0 spiro atoms. The number of aliphatic carboxylic acids is 1. The lowest BCUT2D eigenvalue weighted by atomic mass is 9.73. The van der Waals surface area contributed by atoms with Crippen molar-refractivity contribution in [3.63, 3.8) is 0 Å². The number of hydrogen-bond donors (Lipinski definition) is 4. The van der Waals surface area contributed by atoms with Crippen molar-refractivity contribution in [3.05, 3.63) is 34.1 Å². The number of carbonyl (C=O) groups excluding carboxylic acids is 1. The van der Waals surface area contributed by atoms with Crippen molar-refractivity contribution in [2.75, 3.05) is 11.1 Å². The molecule has 30 heavy (non-hydrogen) atoms. The van der Waals surface area contributed by atoms with E-state index in [1.54, 1.807) is 11.6 Å². The van der Waals surface area contributed by atoms with E-state index in [1.165, 1.54) is 11.3 Å². The summed E-state index contributed by atoms with van der Waals surface area (Å²) in [5.41, 5.74) is 8.21. The van der Waals surface area contributed by atoms with Gasteiger partial charge in [0.25, 0.3) is 5.91 Å². The largest absolute Gasteiger partial charge is 0.481 e. The van der Waals surface area contributed by atoms with Crippen LogP contribution in [0.1, 0.15) is 54.0 Å². The molecule has 3 heterocycles. The average molecular weight is 425 g/mol. The molecule has 0 aromatic carbocycles. The van der Waals surface area contributed by atoms with Crippen molar-refractivity contribution in [2.45, 2.75) is 43.9 Å². The van der Waals surface area contributed by atoms with Crippen LogP contribution in [0.2, 0.25) is 0 Å². The van der Waals surface area contributed by atoms with Crippen molar-refractivity contribution in [2.24, 2.45) is 0 Å². The first-order valence-electron chi connectivity index (χ1n) is 9.43. The number of carbonyl (C=O) groups is 2. The summed E-state index contributed by atoms with van der Waals surface area (Å²) in [4.78, 5) is 37.3. The molecule has 154 valence electrons. The number of amides is 1. The SMILES string of the molecule is CC1(C)Cc2cnc(N)nc2-c2[nH]nc(C(=O)Nc3nc(C4(C(=O)O)CC4)cs3)c21. The van der Waals surface area contributed by atoms with Crippen LogP contribution in [0.3, 0.4) is 0 Å². The van der Waals surface area contributed by atoms with E-state index in [2.05, 4.69) is 30.5 Å². The summed E-state index contributed by atoms with van der Waals surface area (Å²) in [5, 5.41) is 21.4. The summed E-state index contributed by atoms with van der Waals surface area (Å²) >= 11 is 1.21. The molecule has 0 saturated heterocycles. The number of anilines is 2. The Morgan fingerprint density at radius 3 is 2.77 bits per heavy atom. The van der Waals surface area contributed by atoms with E-state index < -0.39 is 17.3 Å². The molecule has 2 aliphatic rings. The van der Waals surface area contributed by atoms with Gasteiger partial charge in [-0.05, 0) is 30.2 Å². The third-order valence-electron chi connectivity index (χ3n) is 5.78. The highest BCUT2D eigenvalue weighted by atomic mass is 32.1. The predicted octanol–water partition coefficient (Wildman–Crippen LogP) is 2.11. The van der Waals surface area contributed by atoms with Gasteiger partial charge in [-0.3, -0.25) is 20.0 Å². The molecule has 0 aliphatic heterocycles. The number of nitrogens with zero attached hydrogens (tertiary/aromatic N) is 4. The van der Waals surface area contributed by atoms with E-state index in [0.717, 1.165) is 11.1 Å². The lowest BCUT2D eigenvalue weighted by molar-refractivity contribution is -0.140. The van der Waals surface area contributed by atoms with Crippen molar-refractivity contribution in [1.29, 1.82) is 0 Å². The van der Waals surface area contributed by atoms with E-state index in [0.29, 0.717) is 41.5 Å². The zero-order valence-corrected chi connectivity index (χ0v) is 17.1. The van der Waals surface area contributed by atoms with Gasteiger partial charge in [-0.25, -0.2) is 15.0 Å². The van der Waals surface area contributed by atoms with Gasteiger partial charge >= 0.3 is 5.97 Å². The summed E-state index contributed by atoms with van der Waals surface area (Å²) < 4.78 is 0. The van der Waals surface area contributed by atoms with E-state index in [4.69, 9.17) is 5.73 Å². The fourth-order valence-corrected chi connectivity index (χ4v) is 4.88. The minimum absolute atomic E-state index is 0.155. The highest BCUT2D eigenvalue weighted by Gasteiger charge is 2.53. The normalized spacial score (nSPS) is 17.7. The van der Waals surface area contributed by atoms with Crippen LogP contribution in [0, 0.1) is 0 Å². The second-order valence-corrected chi connectivity index (χ2v) is 9.22.